The molecule has 3 aromatic rings. The first-order valence-electron chi connectivity index (χ1n) is 10.6. The number of rotatable bonds is 7. The predicted molar refractivity (Wildman–Crippen MR) is 124 cm³/mol. The summed E-state index contributed by atoms with van der Waals surface area (Å²) >= 11 is 0. The summed E-state index contributed by atoms with van der Waals surface area (Å²) in [6.07, 6.45) is 2.99. The Morgan fingerprint density at radius 3 is 1.62 bits per heavy atom. The van der Waals surface area contributed by atoms with Crippen molar-refractivity contribution >= 4 is 0 Å². The van der Waals surface area contributed by atoms with E-state index in [-0.39, 0.29) is 5.41 Å². The minimum Gasteiger partial charge on any atom is -0.497 e. The van der Waals surface area contributed by atoms with Gasteiger partial charge in [0.2, 0.25) is 0 Å². The zero-order valence-electron chi connectivity index (χ0n) is 18.5. The van der Waals surface area contributed by atoms with Crippen LogP contribution in [-0.4, -0.2) is 7.11 Å². The molecule has 1 radical (unpaired) electrons. The number of ether oxygens (including phenoxy) is 1. The molecule has 0 heterocycles. The average molecular weight is 386 g/mol. The number of hydrogen-bond donors (Lipinski definition) is 0. The van der Waals surface area contributed by atoms with Crippen molar-refractivity contribution in [2.45, 2.75) is 52.4 Å². The van der Waals surface area contributed by atoms with Crippen LogP contribution < -0.4 is 4.74 Å². The Bertz CT molecular complexity index is 881. The van der Waals surface area contributed by atoms with E-state index in [4.69, 9.17) is 4.74 Å². The highest BCUT2D eigenvalue weighted by Crippen LogP contribution is 2.28. The highest BCUT2D eigenvalue weighted by Gasteiger charge is 2.17. The maximum atomic E-state index is 5.35. The van der Waals surface area contributed by atoms with Gasteiger partial charge in [0, 0.05) is 5.92 Å². The topological polar surface area (TPSA) is 9.23 Å². The third-order valence-electron chi connectivity index (χ3n) is 5.58. The second-order valence-electron chi connectivity index (χ2n) is 8.80. The number of benzene rings is 3. The van der Waals surface area contributed by atoms with Crippen LogP contribution in [0.4, 0.5) is 0 Å². The molecule has 0 fully saturated rings. The standard InChI is InChI=1S/C28H33O/c1-6-21-7-9-22(10-8-21)19-25(24-13-17-27(29-5)18-14-24)20-23-11-15-26(16-12-23)28(2,3)4/h7-18H,6,19-20H2,1-5H3. The minimum absolute atomic E-state index is 0.183. The third kappa shape index (κ3) is 5.73. The van der Waals surface area contributed by atoms with E-state index in [9.17, 15) is 0 Å². The largest absolute Gasteiger partial charge is 0.497 e. The molecule has 0 aliphatic carbocycles. The predicted octanol–water partition coefficient (Wildman–Crippen LogP) is 6.96. The Labute approximate surface area is 176 Å². The van der Waals surface area contributed by atoms with Crippen molar-refractivity contribution in [3.8, 4) is 5.75 Å². The summed E-state index contributed by atoms with van der Waals surface area (Å²) in [4.78, 5) is 0. The number of methoxy groups -OCH3 is 1. The molecule has 0 aliphatic rings. The minimum atomic E-state index is 0.183. The second kappa shape index (κ2) is 9.31. The maximum absolute atomic E-state index is 5.35. The van der Waals surface area contributed by atoms with Gasteiger partial charge in [-0.1, -0.05) is 88.4 Å². The zero-order chi connectivity index (χ0) is 20.9. The monoisotopic (exact) mass is 385 g/mol. The maximum Gasteiger partial charge on any atom is 0.118 e. The van der Waals surface area contributed by atoms with Gasteiger partial charge in [0.15, 0.2) is 0 Å². The Morgan fingerprint density at radius 2 is 1.17 bits per heavy atom. The van der Waals surface area contributed by atoms with Gasteiger partial charge in [-0.2, -0.15) is 0 Å². The molecule has 3 rings (SSSR count). The van der Waals surface area contributed by atoms with Gasteiger partial charge >= 0.3 is 0 Å². The lowest BCUT2D eigenvalue weighted by atomic mass is 9.84. The van der Waals surface area contributed by atoms with Gasteiger partial charge in [-0.25, -0.2) is 0 Å². The van der Waals surface area contributed by atoms with Crippen LogP contribution in [0.2, 0.25) is 0 Å². The highest BCUT2D eigenvalue weighted by atomic mass is 16.5. The van der Waals surface area contributed by atoms with Crippen molar-refractivity contribution < 1.29 is 4.74 Å². The Morgan fingerprint density at radius 1 is 0.690 bits per heavy atom. The van der Waals surface area contributed by atoms with Crippen LogP contribution in [0.5, 0.6) is 5.75 Å². The average Bonchev–Trinajstić information content (AvgIpc) is 2.73. The highest BCUT2D eigenvalue weighted by molar-refractivity contribution is 5.41. The normalized spacial score (nSPS) is 11.7. The lowest BCUT2D eigenvalue weighted by Crippen LogP contribution is -2.12. The van der Waals surface area contributed by atoms with Gasteiger partial charge in [-0.15, -0.1) is 0 Å². The van der Waals surface area contributed by atoms with Crippen LogP contribution in [0, 0.1) is 5.92 Å². The van der Waals surface area contributed by atoms with E-state index in [1.54, 1.807) is 7.11 Å². The molecule has 0 saturated heterocycles. The molecule has 0 bridgehead atoms. The molecule has 1 heteroatoms. The Kier molecular flexibility index (Phi) is 6.79. The number of aryl methyl sites for hydroxylation is 1. The van der Waals surface area contributed by atoms with Gasteiger partial charge in [-0.3, -0.25) is 0 Å². The second-order valence-corrected chi connectivity index (χ2v) is 8.80. The molecule has 0 aromatic heterocycles. The van der Waals surface area contributed by atoms with Crippen molar-refractivity contribution in [1.29, 1.82) is 0 Å². The van der Waals surface area contributed by atoms with Crippen LogP contribution in [0.25, 0.3) is 0 Å². The van der Waals surface area contributed by atoms with E-state index in [2.05, 4.69) is 100 Å². The van der Waals surface area contributed by atoms with Crippen molar-refractivity contribution in [2.75, 3.05) is 7.11 Å². The van der Waals surface area contributed by atoms with E-state index >= 15 is 0 Å². The fourth-order valence-electron chi connectivity index (χ4n) is 3.60. The molecular weight excluding hydrogens is 352 g/mol. The summed E-state index contributed by atoms with van der Waals surface area (Å²) in [5.41, 5.74) is 6.95. The summed E-state index contributed by atoms with van der Waals surface area (Å²) in [5, 5.41) is 0. The molecule has 1 nitrogen and oxygen atoms in total. The van der Waals surface area contributed by atoms with Crippen molar-refractivity contribution in [3.05, 3.63) is 107 Å². The Balaban J connectivity index is 1.84. The van der Waals surface area contributed by atoms with Crippen molar-refractivity contribution in [1.82, 2.24) is 0 Å². The van der Waals surface area contributed by atoms with Gasteiger partial charge in [0.1, 0.15) is 5.75 Å². The van der Waals surface area contributed by atoms with E-state index < -0.39 is 0 Å². The fraction of sp³-hybridized carbons (Fsp3) is 0.321. The lowest BCUT2D eigenvalue weighted by Gasteiger charge is -2.21. The van der Waals surface area contributed by atoms with E-state index in [0.29, 0.717) is 0 Å². The smallest absolute Gasteiger partial charge is 0.118 e. The molecule has 29 heavy (non-hydrogen) atoms. The van der Waals surface area contributed by atoms with Crippen LogP contribution >= 0.6 is 0 Å². The molecule has 0 atom stereocenters. The molecule has 151 valence electrons. The van der Waals surface area contributed by atoms with E-state index in [1.807, 2.05) is 0 Å². The van der Waals surface area contributed by atoms with Gasteiger partial charge in [0.05, 0.1) is 7.11 Å². The summed E-state index contributed by atoms with van der Waals surface area (Å²) in [5.74, 6) is 2.33. The van der Waals surface area contributed by atoms with Crippen LogP contribution in [0.1, 0.15) is 55.5 Å². The zero-order valence-corrected chi connectivity index (χ0v) is 18.5. The summed E-state index contributed by atoms with van der Waals surface area (Å²) in [6, 6.07) is 26.6. The molecule has 0 saturated carbocycles. The SMILES string of the molecule is CCc1ccc(C[C](Cc2ccc(C(C)(C)C)cc2)c2ccc(OC)cc2)cc1. The van der Waals surface area contributed by atoms with Crippen LogP contribution in [0.15, 0.2) is 72.8 Å². The summed E-state index contributed by atoms with van der Waals surface area (Å²) in [6.45, 7) is 8.98. The molecule has 0 N–H and O–H groups in total. The quantitative estimate of drug-likeness (QED) is 0.427. The first-order chi connectivity index (χ1) is 13.9. The third-order valence-corrected chi connectivity index (χ3v) is 5.58. The lowest BCUT2D eigenvalue weighted by molar-refractivity contribution is 0.414. The Hall–Kier alpha value is -2.54. The van der Waals surface area contributed by atoms with E-state index in [1.165, 1.54) is 33.7 Å². The van der Waals surface area contributed by atoms with Crippen LogP contribution in [0.3, 0.4) is 0 Å². The number of hydrogen-bond acceptors (Lipinski definition) is 1. The molecular formula is C28H33O. The molecule has 3 aromatic carbocycles. The molecule has 0 aliphatic heterocycles. The first-order valence-corrected chi connectivity index (χ1v) is 10.6. The summed E-state index contributed by atoms with van der Waals surface area (Å²) < 4.78 is 5.35. The van der Waals surface area contributed by atoms with Crippen molar-refractivity contribution in [3.63, 3.8) is 0 Å². The van der Waals surface area contributed by atoms with E-state index in [0.717, 1.165) is 25.0 Å². The molecule has 0 spiro atoms. The van der Waals surface area contributed by atoms with Gasteiger partial charge in [0.25, 0.3) is 0 Å². The molecule has 0 unspecified atom stereocenters. The van der Waals surface area contributed by atoms with Gasteiger partial charge in [-0.05, 0) is 64.6 Å². The first kappa shape index (κ1) is 21.2. The van der Waals surface area contributed by atoms with Gasteiger partial charge < -0.3 is 4.74 Å². The fourth-order valence-corrected chi connectivity index (χ4v) is 3.60. The molecule has 0 amide bonds. The van der Waals surface area contributed by atoms with Crippen molar-refractivity contribution in [2.24, 2.45) is 0 Å². The summed E-state index contributed by atoms with van der Waals surface area (Å²) in [7, 11) is 1.71. The van der Waals surface area contributed by atoms with Crippen LogP contribution in [-0.2, 0) is 24.7 Å².